The van der Waals surface area contributed by atoms with Crippen LogP contribution in [0.4, 0.5) is 10.5 Å². The quantitative estimate of drug-likeness (QED) is 0.946. The van der Waals surface area contributed by atoms with E-state index in [1.54, 1.807) is 23.2 Å². The molecule has 1 unspecified atom stereocenters. The van der Waals surface area contributed by atoms with Crippen molar-refractivity contribution >= 4 is 11.7 Å². The Balaban J connectivity index is 1.57. The van der Waals surface area contributed by atoms with E-state index in [2.05, 4.69) is 15.5 Å². The van der Waals surface area contributed by atoms with Gasteiger partial charge in [-0.3, -0.25) is 0 Å². The molecule has 23 heavy (non-hydrogen) atoms. The summed E-state index contributed by atoms with van der Waals surface area (Å²) in [5.41, 5.74) is 1.97. The average molecular weight is 312 g/mol. The molecule has 1 saturated heterocycles. The van der Waals surface area contributed by atoms with Crippen molar-refractivity contribution in [1.82, 2.24) is 15.1 Å². The Morgan fingerprint density at radius 1 is 1.30 bits per heavy atom. The molecule has 0 radical (unpaired) electrons. The smallest absolute Gasteiger partial charge is 0.321 e. The summed E-state index contributed by atoms with van der Waals surface area (Å²) in [4.78, 5) is 14.2. The molecule has 120 valence electrons. The van der Waals surface area contributed by atoms with Gasteiger partial charge in [0, 0.05) is 24.5 Å². The minimum Gasteiger partial charge on any atom is -0.471 e. The fourth-order valence-electron chi connectivity index (χ4n) is 2.58. The van der Waals surface area contributed by atoms with Crippen LogP contribution in [0.25, 0.3) is 0 Å². The largest absolute Gasteiger partial charge is 0.471 e. The third-order valence-corrected chi connectivity index (χ3v) is 3.80. The number of ether oxygens (including phenoxy) is 1. The van der Waals surface area contributed by atoms with Crippen molar-refractivity contribution in [2.24, 2.45) is 0 Å². The number of carbonyl (C=O) groups excluding carboxylic acids is 1. The van der Waals surface area contributed by atoms with E-state index in [1.165, 1.54) is 5.56 Å². The van der Waals surface area contributed by atoms with Crippen LogP contribution in [0.5, 0.6) is 5.88 Å². The third kappa shape index (κ3) is 4.18. The molecule has 1 fully saturated rings. The molecular formula is C17H20N4O2. The first-order valence-electron chi connectivity index (χ1n) is 7.78. The highest BCUT2D eigenvalue weighted by atomic mass is 16.5. The molecule has 1 aromatic heterocycles. The summed E-state index contributed by atoms with van der Waals surface area (Å²) in [5, 5.41) is 10.7. The minimum atomic E-state index is -0.0960. The number of hydrogen-bond acceptors (Lipinski definition) is 4. The monoisotopic (exact) mass is 312 g/mol. The first-order valence-corrected chi connectivity index (χ1v) is 7.78. The highest BCUT2D eigenvalue weighted by Gasteiger charge is 2.25. The lowest BCUT2D eigenvalue weighted by atomic mass is 10.1. The second kappa shape index (κ2) is 7.09. The van der Waals surface area contributed by atoms with Crippen molar-refractivity contribution in [1.29, 1.82) is 0 Å². The molecule has 1 N–H and O–H groups in total. The minimum absolute atomic E-state index is 0.0517. The van der Waals surface area contributed by atoms with Crippen LogP contribution in [-0.2, 0) is 0 Å². The van der Waals surface area contributed by atoms with Crippen LogP contribution in [0.1, 0.15) is 18.4 Å². The van der Waals surface area contributed by atoms with Gasteiger partial charge in [0.1, 0.15) is 6.10 Å². The van der Waals surface area contributed by atoms with Crippen molar-refractivity contribution in [3.63, 3.8) is 0 Å². The number of carbonyl (C=O) groups is 1. The number of urea groups is 1. The standard InChI is InChI=1S/C17H20N4O2/c1-13-6-8-14(9-7-13)19-17(22)21-11-3-4-15(12-21)23-16-5-2-10-18-20-16/h2,5-10,15H,3-4,11-12H2,1H3,(H,19,22). The van der Waals surface area contributed by atoms with Crippen molar-refractivity contribution in [3.05, 3.63) is 48.2 Å². The number of amides is 2. The van der Waals surface area contributed by atoms with Crippen LogP contribution >= 0.6 is 0 Å². The van der Waals surface area contributed by atoms with Crippen molar-refractivity contribution in [2.75, 3.05) is 18.4 Å². The molecule has 1 aliphatic rings. The number of hydrogen-bond donors (Lipinski definition) is 1. The van der Waals surface area contributed by atoms with Gasteiger partial charge < -0.3 is 15.0 Å². The van der Waals surface area contributed by atoms with Gasteiger partial charge in [-0.1, -0.05) is 17.7 Å². The van der Waals surface area contributed by atoms with E-state index in [9.17, 15) is 4.79 Å². The van der Waals surface area contributed by atoms with E-state index in [0.29, 0.717) is 12.4 Å². The van der Waals surface area contributed by atoms with Crippen molar-refractivity contribution < 1.29 is 9.53 Å². The van der Waals surface area contributed by atoms with Gasteiger partial charge in [-0.25, -0.2) is 4.79 Å². The summed E-state index contributed by atoms with van der Waals surface area (Å²) in [5.74, 6) is 0.498. The highest BCUT2D eigenvalue weighted by molar-refractivity contribution is 5.89. The van der Waals surface area contributed by atoms with E-state index in [1.807, 2.05) is 31.2 Å². The molecule has 0 saturated carbocycles. The predicted octanol–water partition coefficient (Wildman–Crippen LogP) is 2.86. The number of anilines is 1. The van der Waals surface area contributed by atoms with Crippen LogP contribution < -0.4 is 10.1 Å². The number of nitrogens with one attached hydrogen (secondary N) is 1. The molecule has 6 heteroatoms. The molecule has 2 aromatic rings. The second-order valence-corrected chi connectivity index (χ2v) is 5.69. The SMILES string of the molecule is Cc1ccc(NC(=O)N2CCCC(Oc3cccnn3)C2)cc1. The highest BCUT2D eigenvalue weighted by Crippen LogP contribution is 2.17. The number of aromatic nitrogens is 2. The Bertz CT molecular complexity index is 645. The molecule has 1 aromatic carbocycles. The van der Waals surface area contributed by atoms with E-state index in [-0.39, 0.29) is 12.1 Å². The summed E-state index contributed by atoms with van der Waals surface area (Å²) in [6.07, 6.45) is 3.37. The van der Waals surface area contributed by atoms with E-state index < -0.39 is 0 Å². The van der Waals surface area contributed by atoms with Crippen LogP contribution in [0.2, 0.25) is 0 Å². The molecule has 0 bridgehead atoms. The first kappa shape index (κ1) is 15.3. The predicted molar refractivity (Wildman–Crippen MR) is 87.5 cm³/mol. The zero-order valence-corrected chi connectivity index (χ0v) is 13.1. The number of benzene rings is 1. The molecule has 1 aliphatic heterocycles. The number of piperidine rings is 1. The normalized spacial score (nSPS) is 17.6. The molecule has 0 aliphatic carbocycles. The lowest BCUT2D eigenvalue weighted by Crippen LogP contribution is -2.46. The van der Waals surface area contributed by atoms with Crippen LogP contribution in [-0.4, -0.2) is 40.3 Å². The molecule has 0 spiro atoms. The summed E-state index contributed by atoms with van der Waals surface area (Å²) >= 11 is 0. The van der Waals surface area contributed by atoms with Crippen LogP contribution in [0.3, 0.4) is 0 Å². The van der Waals surface area contributed by atoms with Crippen molar-refractivity contribution in [2.45, 2.75) is 25.9 Å². The maximum atomic E-state index is 12.4. The molecule has 2 heterocycles. The number of likely N-dealkylation sites (tertiary alicyclic amines) is 1. The van der Waals surface area contributed by atoms with Gasteiger partial charge in [-0.15, -0.1) is 5.10 Å². The third-order valence-electron chi connectivity index (χ3n) is 3.80. The summed E-state index contributed by atoms with van der Waals surface area (Å²) in [7, 11) is 0. The molecule has 6 nitrogen and oxygen atoms in total. The zero-order chi connectivity index (χ0) is 16.1. The first-order chi connectivity index (χ1) is 11.2. The van der Waals surface area contributed by atoms with Crippen LogP contribution in [0.15, 0.2) is 42.6 Å². The fraction of sp³-hybridized carbons (Fsp3) is 0.353. The van der Waals surface area contributed by atoms with Gasteiger partial charge in [0.15, 0.2) is 0 Å². The summed E-state index contributed by atoms with van der Waals surface area (Å²) < 4.78 is 5.81. The van der Waals surface area contributed by atoms with Gasteiger partial charge in [-0.05, 0) is 38.0 Å². The van der Waals surface area contributed by atoms with Gasteiger partial charge in [0.05, 0.1) is 6.54 Å². The lowest BCUT2D eigenvalue weighted by Gasteiger charge is -2.32. The Morgan fingerprint density at radius 2 is 2.13 bits per heavy atom. The Labute approximate surface area is 135 Å². The van der Waals surface area contributed by atoms with E-state index in [0.717, 1.165) is 25.1 Å². The van der Waals surface area contributed by atoms with Crippen molar-refractivity contribution in [3.8, 4) is 5.88 Å². The maximum absolute atomic E-state index is 12.4. The Morgan fingerprint density at radius 3 is 2.87 bits per heavy atom. The average Bonchev–Trinajstić information content (AvgIpc) is 2.58. The number of aryl methyl sites for hydroxylation is 1. The topological polar surface area (TPSA) is 67.4 Å². The molecule has 1 atom stereocenters. The van der Waals surface area contributed by atoms with Gasteiger partial charge in [0.25, 0.3) is 0 Å². The Kier molecular flexibility index (Phi) is 4.71. The molecular weight excluding hydrogens is 292 g/mol. The van der Waals surface area contributed by atoms with Crippen LogP contribution in [0, 0.1) is 6.92 Å². The van der Waals surface area contributed by atoms with E-state index >= 15 is 0 Å². The van der Waals surface area contributed by atoms with Gasteiger partial charge >= 0.3 is 6.03 Å². The van der Waals surface area contributed by atoms with Gasteiger partial charge in [0.2, 0.25) is 5.88 Å². The number of nitrogens with zero attached hydrogens (tertiary/aromatic N) is 3. The van der Waals surface area contributed by atoms with Gasteiger partial charge in [-0.2, -0.15) is 5.10 Å². The summed E-state index contributed by atoms with van der Waals surface area (Å²) in [6.45, 7) is 3.30. The number of rotatable bonds is 3. The molecule has 3 rings (SSSR count). The maximum Gasteiger partial charge on any atom is 0.321 e. The lowest BCUT2D eigenvalue weighted by molar-refractivity contribution is 0.102. The fourth-order valence-corrected chi connectivity index (χ4v) is 2.58. The molecule has 2 amide bonds. The second-order valence-electron chi connectivity index (χ2n) is 5.69. The Hall–Kier alpha value is -2.63. The van der Waals surface area contributed by atoms with E-state index in [4.69, 9.17) is 4.74 Å². The zero-order valence-electron chi connectivity index (χ0n) is 13.1. The summed E-state index contributed by atoms with van der Waals surface area (Å²) in [6, 6.07) is 11.2.